The number of amides is 2. The number of aromatic nitrogens is 1. The minimum Gasteiger partial charge on any atom is -0.481 e. The number of rotatable bonds is 7. The van der Waals surface area contributed by atoms with Crippen LogP contribution in [0.2, 0.25) is 0 Å². The maximum Gasteiger partial charge on any atom is 0.317 e. The second-order valence-corrected chi connectivity index (χ2v) is 5.16. The summed E-state index contributed by atoms with van der Waals surface area (Å²) >= 11 is 1.57. The fourth-order valence-electron chi connectivity index (χ4n) is 1.49. The molecule has 7 heteroatoms. The van der Waals surface area contributed by atoms with Crippen molar-refractivity contribution in [3.63, 3.8) is 0 Å². The molecule has 0 atom stereocenters. The molecular formula is C12H19N3O3S. The predicted octanol–water partition coefficient (Wildman–Crippen LogP) is 1.71. The van der Waals surface area contributed by atoms with Crippen LogP contribution in [0.1, 0.15) is 30.2 Å². The first kappa shape index (κ1) is 15.4. The summed E-state index contributed by atoms with van der Waals surface area (Å²) in [4.78, 5) is 29.2. The highest BCUT2D eigenvalue weighted by Crippen LogP contribution is 2.12. The van der Waals surface area contributed by atoms with Crippen LogP contribution >= 0.6 is 11.3 Å². The fourth-order valence-corrected chi connectivity index (χ4v) is 2.29. The number of carboxylic acids is 1. The first-order valence-corrected chi connectivity index (χ1v) is 7.06. The number of carbonyl (C=O) groups excluding carboxylic acids is 1. The lowest BCUT2D eigenvalue weighted by Crippen LogP contribution is -2.40. The zero-order chi connectivity index (χ0) is 14.3. The number of urea groups is 1. The lowest BCUT2D eigenvalue weighted by atomic mass is 10.4. The molecule has 0 bridgehead atoms. The highest BCUT2D eigenvalue weighted by molar-refractivity contribution is 7.11. The average molecular weight is 285 g/mol. The molecule has 0 aliphatic heterocycles. The molecule has 0 aliphatic carbocycles. The Morgan fingerprint density at radius 1 is 1.47 bits per heavy atom. The lowest BCUT2D eigenvalue weighted by molar-refractivity contribution is -0.137. The van der Waals surface area contributed by atoms with Crippen LogP contribution < -0.4 is 5.32 Å². The van der Waals surface area contributed by atoms with Crippen molar-refractivity contribution in [2.45, 2.75) is 33.2 Å². The Labute approximate surface area is 116 Å². The van der Waals surface area contributed by atoms with Crippen LogP contribution in [0.4, 0.5) is 4.79 Å². The van der Waals surface area contributed by atoms with Crippen LogP contribution in [0.15, 0.2) is 6.20 Å². The van der Waals surface area contributed by atoms with E-state index in [1.807, 2.05) is 13.1 Å². The van der Waals surface area contributed by atoms with Gasteiger partial charge in [0.05, 0.1) is 13.0 Å². The summed E-state index contributed by atoms with van der Waals surface area (Å²) < 4.78 is 0. The maximum absolute atomic E-state index is 11.8. The summed E-state index contributed by atoms with van der Waals surface area (Å²) in [6, 6.07) is -0.253. The third-order valence-electron chi connectivity index (χ3n) is 2.61. The molecule has 1 heterocycles. The van der Waals surface area contributed by atoms with Gasteiger partial charge in [0.1, 0.15) is 5.01 Å². The quantitative estimate of drug-likeness (QED) is 0.799. The molecule has 0 unspecified atom stereocenters. The van der Waals surface area contributed by atoms with Crippen molar-refractivity contribution in [1.29, 1.82) is 0 Å². The van der Waals surface area contributed by atoms with Gasteiger partial charge in [0.15, 0.2) is 0 Å². The van der Waals surface area contributed by atoms with Gasteiger partial charge in [-0.25, -0.2) is 9.78 Å². The molecule has 0 aliphatic rings. The molecule has 0 spiro atoms. The second kappa shape index (κ2) is 7.73. The molecule has 0 saturated heterocycles. The highest BCUT2D eigenvalue weighted by Gasteiger charge is 2.13. The summed E-state index contributed by atoms with van der Waals surface area (Å²) in [6.45, 7) is 4.96. The first-order chi connectivity index (χ1) is 9.06. The molecule has 0 saturated carbocycles. The number of aliphatic carboxylic acids is 1. The van der Waals surface area contributed by atoms with Crippen LogP contribution in [0.3, 0.4) is 0 Å². The molecule has 1 aromatic rings. The van der Waals surface area contributed by atoms with E-state index in [0.29, 0.717) is 13.1 Å². The van der Waals surface area contributed by atoms with Gasteiger partial charge < -0.3 is 15.3 Å². The van der Waals surface area contributed by atoms with Gasteiger partial charge in [-0.05, 0) is 13.3 Å². The summed E-state index contributed by atoms with van der Waals surface area (Å²) in [5.74, 6) is -0.904. The van der Waals surface area contributed by atoms with E-state index >= 15 is 0 Å². The zero-order valence-electron chi connectivity index (χ0n) is 11.2. The minimum atomic E-state index is -0.904. The van der Waals surface area contributed by atoms with Crippen molar-refractivity contribution in [3.05, 3.63) is 16.1 Å². The number of carboxylic acid groups (broad SMARTS) is 1. The number of nitrogens with zero attached hydrogens (tertiary/aromatic N) is 2. The molecule has 0 fully saturated rings. The Balaban J connectivity index is 2.41. The van der Waals surface area contributed by atoms with E-state index in [1.54, 1.807) is 11.3 Å². The van der Waals surface area contributed by atoms with E-state index < -0.39 is 5.97 Å². The highest BCUT2D eigenvalue weighted by atomic mass is 32.1. The molecule has 2 N–H and O–H groups in total. The Kier molecular flexibility index (Phi) is 6.27. The number of hydrogen-bond acceptors (Lipinski definition) is 4. The van der Waals surface area contributed by atoms with Gasteiger partial charge in [0, 0.05) is 24.2 Å². The number of thiazole rings is 1. The summed E-state index contributed by atoms with van der Waals surface area (Å²) in [6.07, 6.45) is 2.71. The minimum absolute atomic E-state index is 0.0432. The van der Waals surface area contributed by atoms with Crippen LogP contribution in [0.5, 0.6) is 0 Å². The molecule has 1 rings (SSSR count). The molecule has 0 aromatic carbocycles. The second-order valence-electron chi connectivity index (χ2n) is 3.96. The molecule has 2 amide bonds. The third-order valence-corrected chi connectivity index (χ3v) is 3.75. The molecule has 19 heavy (non-hydrogen) atoms. The zero-order valence-corrected chi connectivity index (χ0v) is 12.0. The Morgan fingerprint density at radius 2 is 2.21 bits per heavy atom. The average Bonchev–Trinajstić information content (AvgIpc) is 2.84. The largest absolute Gasteiger partial charge is 0.481 e. The monoisotopic (exact) mass is 285 g/mol. The van der Waals surface area contributed by atoms with Crippen LogP contribution in [0.25, 0.3) is 0 Å². The normalized spacial score (nSPS) is 10.2. The molecule has 106 valence electrons. The smallest absolute Gasteiger partial charge is 0.317 e. The van der Waals surface area contributed by atoms with Gasteiger partial charge in [-0.2, -0.15) is 0 Å². The van der Waals surface area contributed by atoms with Crippen LogP contribution in [-0.2, 0) is 17.8 Å². The number of aryl methyl sites for hydroxylation is 1. The van der Waals surface area contributed by atoms with Crippen molar-refractivity contribution >= 4 is 23.3 Å². The number of nitrogens with one attached hydrogen (secondary N) is 1. The van der Waals surface area contributed by atoms with Gasteiger partial charge >= 0.3 is 12.0 Å². The fraction of sp³-hybridized carbons (Fsp3) is 0.583. The Bertz CT molecular complexity index is 434. The SMILES string of the molecule is CCc1cnc(CNC(=O)N(CC)CCC(=O)O)s1. The predicted molar refractivity (Wildman–Crippen MR) is 73.2 cm³/mol. The molecule has 6 nitrogen and oxygen atoms in total. The van der Waals surface area contributed by atoms with E-state index in [9.17, 15) is 9.59 Å². The third kappa shape index (κ3) is 5.25. The molecule has 1 aromatic heterocycles. The van der Waals surface area contributed by atoms with Crippen molar-refractivity contribution in [1.82, 2.24) is 15.2 Å². The lowest BCUT2D eigenvalue weighted by Gasteiger charge is -2.20. The van der Waals surface area contributed by atoms with Gasteiger partial charge in [0.25, 0.3) is 0 Å². The standard InChI is InChI=1S/C12H19N3O3S/c1-3-9-7-13-10(19-9)8-14-12(18)15(4-2)6-5-11(16)17/h7H,3-6,8H2,1-2H3,(H,14,18)(H,16,17). The van der Waals surface area contributed by atoms with E-state index in [0.717, 1.165) is 11.4 Å². The Morgan fingerprint density at radius 3 is 2.74 bits per heavy atom. The Hall–Kier alpha value is -1.63. The van der Waals surface area contributed by atoms with Gasteiger partial charge in [-0.1, -0.05) is 6.92 Å². The van der Waals surface area contributed by atoms with Gasteiger partial charge in [-0.15, -0.1) is 11.3 Å². The van der Waals surface area contributed by atoms with Crippen LogP contribution in [0, 0.1) is 0 Å². The van der Waals surface area contributed by atoms with Crippen molar-refractivity contribution in [2.75, 3.05) is 13.1 Å². The van der Waals surface area contributed by atoms with E-state index in [2.05, 4.69) is 17.2 Å². The topological polar surface area (TPSA) is 82.5 Å². The van der Waals surface area contributed by atoms with Crippen molar-refractivity contribution < 1.29 is 14.7 Å². The van der Waals surface area contributed by atoms with Crippen LogP contribution in [-0.4, -0.2) is 40.1 Å². The number of hydrogen-bond donors (Lipinski definition) is 2. The number of carbonyl (C=O) groups is 2. The van der Waals surface area contributed by atoms with Gasteiger partial charge in [0.2, 0.25) is 0 Å². The molecule has 0 radical (unpaired) electrons. The van der Waals surface area contributed by atoms with E-state index in [4.69, 9.17) is 5.11 Å². The van der Waals surface area contributed by atoms with Crippen molar-refractivity contribution in [2.24, 2.45) is 0 Å². The molecular weight excluding hydrogens is 266 g/mol. The summed E-state index contributed by atoms with van der Waals surface area (Å²) in [5, 5.41) is 12.2. The maximum atomic E-state index is 11.8. The van der Waals surface area contributed by atoms with E-state index in [1.165, 1.54) is 9.78 Å². The summed E-state index contributed by atoms with van der Waals surface area (Å²) in [5.41, 5.74) is 0. The first-order valence-electron chi connectivity index (χ1n) is 6.25. The van der Waals surface area contributed by atoms with Gasteiger partial charge in [-0.3, -0.25) is 4.79 Å². The van der Waals surface area contributed by atoms with E-state index in [-0.39, 0.29) is 19.0 Å². The van der Waals surface area contributed by atoms with Crippen molar-refractivity contribution in [3.8, 4) is 0 Å². The summed E-state index contributed by atoms with van der Waals surface area (Å²) in [7, 11) is 0.